The number of hydrogen-bond donors (Lipinski definition) is 0. The summed E-state index contributed by atoms with van der Waals surface area (Å²) in [5, 5.41) is 8.74. The summed E-state index contributed by atoms with van der Waals surface area (Å²) in [4.78, 5) is 16.8. The van der Waals surface area contributed by atoms with E-state index in [4.69, 9.17) is 4.74 Å². The summed E-state index contributed by atoms with van der Waals surface area (Å²) < 4.78 is 22.8. The van der Waals surface area contributed by atoms with Gasteiger partial charge in [0.1, 0.15) is 12.1 Å². The summed E-state index contributed by atoms with van der Waals surface area (Å²) >= 11 is 0. The van der Waals surface area contributed by atoms with Crippen LogP contribution in [0.2, 0.25) is 0 Å². The van der Waals surface area contributed by atoms with Gasteiger partial charge in [0.05, 0.1) is 35.1 Å². The fourth-order valence-corrected chi connectivity index (χ4v) is 3.89. The first-order chi connectivity index (χ1) is 15.0. The molecule has 0 spiro atoms. The van der Waals surface area contributed by atoms with Gasteiger partial charge < -0.3 is 4.74 Å². The molecule has 1 aliphatic heterocycles. The highest BCUT2D eigenvalue weighted by Crippen LogP contribution is 2.31. The number of halogens is 1. The van der Waals surface area contributed by atoms with E-state index in [9.17, 15) is 9.18 Å². The van der Waals surface area contributed by atoms with E-state index >= 15 is 0 Å². The lowest BCUT2D eigenvalue weighted by molar-refractivity contribution is 0.0519. The smallest absolute Gasteiger partial charge is 0.358 e. The number of carbonyl (C=O) groups is 1. The molecule has 0 saturated carbocycles. The second-order valence-corrected chi connectivity index (χ2v) is 7.50. The molecule has 31 heavy (non-hydrogen) atoms. The quantitative estimate of drug-likeness (QED) is 0.418. The van der Waals surface area contributed by atoms with Crippen molar-refractivity contribution in [3.63, 3.8) is 0 Å². The number of ether oxygens (including phenoxy) is 1. The van der Waals surface area contributed by atoms with Crippen molar-refractivity contribution in [2.24, 2.45) is 0 Å². The third kappa shape index (κ3) is 3.30. The van der Waals surface area contributed by atoms with Crippen molar-refractivity contribution in [3.05, 3.63) is 88.5 Å². The lowest BCUT2D eigenvalue weighted by Crippen LogP contribution is -2.11. The van der Waals surface area contributed by atoms with Crippen molar-refractivity contribution < 1.29 is 13.9 Å². The molecule has 0 unspecified atom stereocenters. The second-order valence-electron chi connectivity index (χ2n) is 7.50. The average Bonchev–Trinajstić information content (AvgIpc) is 3.32. The molecule has 0 amide bonds. The molecule has 3 heterocycles. The van der Waals surface area contributed by atoms with Crippen molar-refractivity contribution in [2.45, 2.75) is 26.7 Å². The minimum absolute atomic E-state index is 0.244. The predicted molar refractivity (Wildman–Crippen MR) is 111 cm³/mol. The van der Waals surface area contributed by atoms with Crippen molar-refractivity contribution in [1.29, 1.82) is 0 Å². The largest absolute Gasteiger partial charge is 0.461 e. The SMILES string of the molecule is CCOC(=O)c1ncn2c1Cc1c(Cc3ccc(C)cc3)nnn1-c1cc(F)ccc1-2. The van der Waals surface area contributed by atoms with Gasteiger partial charge in [-0.15, -0.1) is 5.10 Å². The molecule has 0 saturated heterocycles. The molecule has 0 aliphatic carbocycles. The zero-order valence-corrected chi connectivity index (χ0v) is 17.2. The minimum atomic E-state index is -0.485. The fourth-order valence-electron chi connectivity index (χ4n) is 3.89. The number of imidazole rings is 1. The molecular weight excluding hydrogens is 397 g/mol. The van der Waals surface area contributed by atoms with E-state index in [2.05, 4.69) is 39.6 Å². The lowest BCUT2D eigenvalue weighted by atomic mass is 10.0. The molecule has 0 bridgehead atoms. The topological polar surface area (TPSA) is 74.8 Å². The van der Waals surface area contributed by atoms with Crippen LogP contribution in [-0.4, -0.2) is 37.1 Å². The number of esters is 1. The number of carbonyl (C=O) groups excluding carboxylic acids is 1. The van der Waals surface area contributed by atoms with Gasteiger partial charge in [-0.2, -0.15) is 0 Å². The minimum Gasteiger partial charge on any atom is -0.461 e. The number of aromatic nitrogens is 5. The van der Waals surface area contributed by atoms with Crippen LogP contribution in [0.15, 0.2) is 48.8 Å². The monoisotopic (exact) mass is 417 g/mol. The first-order valence-electron chi connectivity index (χ1n) is 10.1. The highest BCUT2D eigenvalue weighted by Gasteiger charge is 2.29. The summed E-state index contributed by atoms with van der Waals surface area (Å²) in [6.07, 6.45) is 2.50. The molecule has 4 aromatic rings. The van der Waals surface area contributed by atoms with Gasteiger partial charge in [0.2, 0.25) is 0 Å². The number of rotatable bonds is 4. The van der Waals surface area contributed by atoms with E-state index in [-0.39, 0.29) is 18.1 Å². The molecular formula is C23H20FN5O2. The van der Waals surface area contributed by atoms with Crippen LogP contribution >= 0.6 is 0 Å². The molecule has 2 aromatic heterocycles. The van der Waals surface area contributed by atoms with Crippen molar-refractivity contribution in [3.8, 4) is 11.4 Å². The summed E-state index contributed by atoms with van der Waals surface area (Å²) in [6.45, 7) is 4.05. The maximum Gasteiger partial charge on any atom is 0.358 e. The van der Waals surface area contributed by atoms with Gasteiger partial charge in [-0.05, 0) is 31.5 Å². The number of aryl methyl sites for hydroxylation is 1. The standard InChI is InChI=1S/C23H20FN5O2/c1-3-31-23(30)22-21-12-19-17(10-15-6-4-14(2)5-7-15)26-27-29(19)20-11-16(24)8-9-18(20)28(21)13-25-22/h4-9,11,13H,3,10,12H2,1-2H3. The summed E-state index contributed by atoms with van der Waals surface area (Å²) in [6, 6.07) is 12.7. The summed E-state index contributed by atoms with van der Waals surface area (Å²) in [7, 11) is 0. The van der Waals surface area contributed by atoms with Gasteiger partial charge in [-0.1, -0.05) is 35.0 Å². The molecule has 8 heteroatoms. The highest BCUT2D eigenvalue weighted by atomic mass is 19.1. The van der Waals surface area contributed by atoms with E-state index < -0.39 is 5.97 Å². The Hall–Kier alpha value is -3.81. The molecule has 0 fully saturated rings. The Kier molecular flexibility index (Phi) is 4.62. The van der Waals surface area contributed by atoms with Crippen LogP contribution in [0.5, 0.6) is 0 Å². The maximum atomic E-state index is 14.2. The predicted octanol–water partition coefficient (Wildman–Crippen LogP) is 3.57. The first kappa shape index (κ1) is 19.2. The zero-order valence-electron chi connectivity index (χ0n) is 17.2. The number of nitrogens with zero attached hydrogens (tertiary/aromatic N) is 5. The van der Waals surface area contributed by atoms with Gasteiger partial charge >= 0.3 is 5.97 Å². The Balaban J connectivity index is 1.67. The molecule has 156 valence electrons. The Bertz CT molecular complexity index is 1290. The number of hydrogen-bond acceptors (Lipinski definition) is 5. The van der Waals surface area contributed by atoms with E-state index in [1.54, 1.807) is 28.6 Å². The average molecular weight is 417 g/mol. The fraction of sp³-hybridized carbons (Fsp3) is 0.217. The van der Waals surface area contributed by atoms with Crippen LogP contribution in [0.1, 0.15) is 45.6 Å². The molecule has 0 atom stereocenters. The third-order valence-electron chi connectivity index (χ3n) is 5.43. The molecule has 7 nitrogen and oxygen atoms in total. The molecule has 0 radical (unpaired) electrons. The second kappa shape index (κ2) is 7.46. The van der Waals surface area contributed by atoms with Gasteiger partial charge in [-0.3, -0.25) is 4.57 Å². The van der Waals surface area contributed by atoms with Crippen LogP contribution in [0.4, 0.5) is 4.39 Å². The molecule has 1 aliphatic rings. The van der Waals surface area contributed by atoms with Crippen LogP contribution < -0.4 is 0 Å². The lowest BCUT2D eigenvalue weighted by Gasteiger charge is -2.09. The Morgan fingerprint density at radius 1 is 1.13 bits per heavy atom. The van der Waals surface area contributed by atoms with Gasteiger partial charge in [0.25, 0.3) is 0 Å². The van der Waals surface area contributed by atoms with Gasteiger partial charge in [0, 0.05) is 18.9 Å². The van der Waals surface area contributed by atoms with Crippen molar-refractivity contribution in [2.75, 3.05) is 6.61 Å². The first-order valence-corrected chi connectivity index (χ1v) is 10.1. The third-order valence-corrected chi connectivity index (χ3v) is 5.43. The van der Waals surface area contributed by atoms with Crippen LogP contribution in [0.25, 0.3) is 11.4 Å². The Labute approximate surface area is 178 Å². The summed E-state index contributed by atoms with van der Waals surface area (Å²) in [5.74, 6) is -0.865. The molecule has 5 rings (SSSR count). The van der Waals surface area contributed by atoms with Gasteiger partial charge in [0.15, 0.2) is 5.69 Å². The zero-order chi connectivity index (χ0) is 21.5. The number of benzene rings is 2. The molecule has 2 aromatic carbocycles. The Morgan fingerprint density at radius 3 is 2.71 bits per heavy atom. The van der Waals surface area contributed by atoms with E-state index in [1.165, 1.54) is 17.7 Å². The van der Waals surface area contributed by atoms with E-state index in [0.717, 1.165) is 17.0 Å². The van der Waals surface area contributed by atoms with Crippen molar-refractivity contribution >= 4 is 5.97 Å². The van der Waals surface area contributed by atoms with Crippen molar-refractivity contribution in [1.82, 2.24) is 24.5 Å². The normalized spacial score (nSPS) is 12.0. The van der Waals surface area contributed by atoms with E-state index in [1.807, 2.05) is 6.92 Å². The summed E-state index contributed by atoms with van der Waals surface area (Å²) in [5.41, 5.74) is 5.95. The van der Waals surface area contributed by atoms with Crippen LogP contribution in [-0.2, 0) is 17.6 Å². The van der Waals surface area contributed by atoms with Gasteiger partial charge in [-0.25, -0.2) is 18.9 Å². The maximum absolute atomic E-state index is 14.2. The highest BCUT2D eigenvalue weighted by molar-refractivity contribution is 5.89. The van der Waals surface area contributed by atoms with E-state index in [0.29, 0.717) is 29.9 Å². The Morgan fingerprint density at radius 2 is 1.94 bits per heavy atom. The molecule has 0 N–H and O–H groups in total. The van der Waals surface area contributed by atoms with Crippen LogP contribution in [0, 0.1) is 12.7 Å². The van der Waals surface area contributed by atoms with Crippen LogP contribution in [0.3, 0.4) is 0 Å². The number of fused-ring (bicyclic) bond motifs is 5.